The molecular weight excluding hydrogens is 258 g/mol. The van der Waals surface area contributed by atoms with Gasteiger partial charge in [-0.05, 0) is 18.6 Å². The molecule has 0 saturated heterocycles. The minimum absolute atomic E-state index is 0.201. The van der Waals surface area contributed by atoms with E-state index in [1.165, 1.54) is 14.0 Å². The predicted octanol–water partition coefficient (Wildman–Crippen LogP) is 1.50. The van der Waals surface area contributed by atoms with Crippen LogP contribution in [0.25, 0.3) is 0 Å². The van der Waals surface area contributed by atoms with Crippen molar-refractivity contribution < 1.29 is 14.3 Å². The second-order valence-corrected chi connectivity index (χ2v) is 4.22. The normalized spacial score (nSPS) is 11.3. The van der Waals surface area contributed by atoms with Gasteiger partial charge >= 0.3 is 0 Å². The summed E-state index contributed by atoms with van der Waals surface area (Å²) in [7, 11) is 1.48. The summed E-state index contributed by atoms with van der Waals surface area (Å²) in [4.78, 5) is 22.8. The quantitative estimate of drug-likeness (QED) is 0.687. The van der Waals surface area contributed by atoms with Gasteiger partial charge in [0.25, 0.3) is 0 Å². The second kappa shape index (κ2) is 7.30. The Morgan fingerprint density at radius 2 is 2.15 bits per heavy atom. The summed E-state index contributed by atoms with van der Waals surface area (Å²) < 4.78 is 5.16. The molecule has 2 amide bonds. The Morgan fingerprint density at radius 1 is 1.45 bits per heavy atom. The zero-order chi connectivity index (χ0) is 15.1. The standard InChI is InChI=1S/C14H19N3O3/c1-4-5-11(15)14(19)17-10-6-7-12(16-9(2)18)13(8-10)20-3/h4,6-8,11H,1,5,15H2,2-3H3,(H,16,18)(H,17,19). The van der Waals surface area contributed by atoms with E-state index in [4.69, 9.17) is 10.5 Å². The van der Waals surface area contributed by atoms with Crippen LogP contribution in [0.5, 0.6) is 5.75 Å². The van der Waals surface area contributed by atoms with Crippen molar-refractivity contribution in [2.75, 3.05) is 17.7 Å². The number of hydrogen-bond acceptors (Lipinski definition) is 4. The molecule has 6 heteroatoms. The van der Waals surface area contributed by atoms with Gasteiger partial charge in [-0.25, -0.2) is 0 Å². The van der Waals surface area contributed by atoms with Crippen LogP contribution in [0, 0.1) is 0 Å². The van der Waals surface area contributed by atoms with Crippen molar-refractivity contribution in [3.63, 3.8) is 0 Å². The third-order valence-electron chi connectivity index (χ3n) is 2.54. The topological polar surface area (TPSA) is 93.5 Å². The lowest BCUT2D eigenvalue weighted by Gasteiger charge is -2.13. The third kappa shape index (κ3) is 4.40. The van der Waals surface area contributed by atoms with Gasteiger partial charge < -0.3 is 21.1 Å². The molecule has 0 aliphatic carbocycles. The Bertz CT molecular complexity index is 514. The van der Waals surface area contributed by atoms with E-state index >= 15 is 0 Å². The van der Waals surface area contributed by atoms with Gasteiger partial charge in [-0.2, -0.15) is 0 Å². The van der Waals surface area contributed by atoms with Crippen LogP contribution < -0.4 is 21.1 Å². The molecule has 108 valence electrons. The maximum atomic E-state index is 11.8. The summed E-state index contributed by atoms with van der Waals surface area (Å²) in [6, 6.07) is 4.28. The zero-order valence-corrected chi connectivity index (χ0v) is 11.6. The van der Waals surface area contributed by atoms with E-state index in [9.17, 15) is 9.59 Å². The van der Waals surface area contributed by atoms with Crippen molar-refractivity contribution in [3.05, 3.63) is 30.9 Å². The molecule has 0 spiro atoms. The number of anilines is 2. The molecule has 1 rings (SSSR count). The molecule has 0 saturated carbocycles. The van der Waals surface area contributed by atoms with Crippen LogP contribution in [0.15, 0.2) is 30.9 Å². The number of rotatable bonds is 6. The minimum atomic E-state index is -0.645. The maximum Gasteiger partial charge on any atom is 0.241 e. The highest BCUT2D eigenvalue weighted by atomic mass is 16.5. The number of carbonyl (C=O) groups excluding carboxylic acids is 2. The van der Waals surface area contributed by atoms with Crippen LogP contribution >= 0.6 is 0 Å². The van der Waals surface area contributed by atoms with Gasteiger partial charge in [-0.1, -0.05) is 6.08 Å². The zero-order valence-electron chi connectivity index (χ0n) is 11.6. The van der Waals surface area contributed by atoms with Crippen LogP contribution in [-0.2, 0) is 9.59 Å². The Labute approximate surface area is 118 Å². The number of benzene rings is 1. The van der Waals surface area contributed by atoms with Crippen molar-refractivity contribution in [3.8, 4) is 5.75 Å². The number of methoxy groups -OCH3 is 1. The van der Waals surface area contributed by atoms with Crippen LogP contribution in [0.1, 0.15) is 13.3 Å². The van der Waals surface area contributed by atoms with Crippen molar-refractivity contribution in [1.29, 1.82) is 0 Å². The maximum absolute atomic E-state index is 11.8. The molecule has 0 aromatic heterocycles. The predicted molar refractivity (Wildman–Crippen MR) is 78.7 cm³/mol. The number of nitrogens with one attached hydrogen (secondary N) is 2. The largest absolute Gasteiger partial charge is 0.494 e. The number of ether oxygens (including phenoxy) is 1. The molecule has 1 aromatic rings. The van der Waals surface area contributed by atoms with Crippen LogP contribution in [0.2, 0.25) is 0 Å². The fourth-order valence-corrected chi connectivity index (χ4v) is 1.58. The van der Waals surface area contributed by atoms with Gasteiger partial charge in [0.05, 0.1) is 18.8 Å². The Kier molecular flexibility index (Phi) is 5.74. The minimum Gasteiger partial charge on any atom is -0.494 e. The SMILES string of the molecule is C=CCC(N)C(=O)Nc1ccc(NC(C)=O)c(OC)c1. The van der Waals surface area contributed by atoms with E-state index in [-0.39, 0.29) is 11.8 Å². The monoisotopic (exact) mass is 277 g/mol. The van der Waals surface area contributed by atoms with Gasteiger partial charge in [-0.3, -0.25) is 9.59 Å². The molecular formula is C14H19N3O3. The van der Waals surface area contributed by atoms with E-state index in [1.54, 1.807) is 24.3 Å². The molecule has 0 radical (unpaired) electrons. The average Bonchev–Trinajstić information content (AvgIpc) is 2.40. The first kappa shape index (κ1) is 15.7. The van der Waals surface area contributed by atoms with Crippen molar-refractivity contribution in [2.45, 2.75) is 19.4 Å². The van der Waals surface area contributed by atoms with Crippen LogP contribution in [0.4, 0.5) is 11.4 Å². The van der Waals surface area contributed by atoms with Gasteiger partial charge in [0.1, 0.15) is 5.75 Å². The van der Waals surface area contributed by atoms with Gasteiger partial charge in [0.2, 0.25) is 11.8 Å². The first-order valence-corrected chi connectivity index (χ1v) is 6.11. The van der Waals surface area contributed by atoms with Gasteiger partial charge in [-0.15, -0.1) is 6.58 Å². The van der Waals surface area contributed by atoms with Crippen molar-refractivity contribution in [1.82, 2.24) is 0 Å². The highest BCUT2D eigenvalue weighted by Gasteiger charge is 2.13. The van der Waals surface area contributed by atoms with E-state index in [2.05, 4.69) is 17.2 Å². The Balaban J connectivity index is 2.84. The lowest BCUT2D eigenvalue weighted by Crippen LogP contribution is -2.35. The number of nitrogens with two attached hydrogens (primary N) is 1. The van der Waals surface area contributed by atoms with Crippen LogP contribution in [0.3, 0.4) is 0 Å². The fraction of sp³-hybridized carbons (Fsp3) is 0.286. The molecule has 0 fully saturated rings. The molecule has 1 unspecified atom stereocenters. The fourth-order valence-electron chi connectivity index (χ4n) is 1.58. The first-order valence-electron chi connectivity index (χ1n) is 6.11. The van der Waals surface area contributed by atoms with E-state index < -0.39 is 6.04 Å². The number of hydrogen-bond donors (Lipinski definition) is 3. The Morgan fingerprint density at radius 3 is 2.70 bits per heavy atom. The summed E-state index contributed by atoms with van der Waals surface area (Å²) in [6.45, 7) is 4.94. The molecule has 4 N–H and O–H groups in total. The second-order valence-electron chi connectivity index (χ2n) is 4.22. The highest BCUT2D eigenvalue weighted by molar-refractivity contribution is 5.96. The molecule has 1 atom stereocenters. The van der Waals surface area contributed by atoms with Crippen molar-refractivity contribution in [2.24, 2.45) is 5.73 Å². The third-order valence-corrected chi connectivity index (χ3v) is 2.54. The lowest BCUT2D eigenvalue weighted by molar-refractivity contribution is -0.117. The summed E-state index contributed by atoms with van der Waals surface area (Å²) in [5.74, 6) is -0.0531. The van der Waals surface area contributed by atoms with Gasteiger partial charge in [0, 0.05) is 18.7 Å². The molecule has 0 bridgehead atoms. The van der Waals surface area contributed by atoms with E-state index in [1.807, 2.05) is 0 Å². The number of amides is 2. The molecule has 0 heterocycles. The molecule has 0 aliphatic heterocycles. The van der Waals surface area contributed by atoms with Gasteiger partial charge in [0.15, 0.2) is 0 Å². The Hall–Kier alpha value is -2.34. The molecule has 20 heavy (non-hydrogen) atoms. The highest BCUT2D eigenvalue weighted by Crippen LogP contribution is 2.28. The molecule has 6 nitrogen and oxygen atoms in total. The summed E-state index contributed by atoms with van der Waals surface area (Å²) in [6.07, 6.45) is 1.98. The smallest absolute Gasteiger partial charge is 0.241 e. The first-order chi connectivity index (χ1) is 9.47. The summed E-state index contributed by atoms with van der Waals surface area (Å²) in [5.41, 5.74) is 6.75. The average molecular weight is 277 g/mol. The lowest BCUT2D eigenvalue weighted by atomic mass is 10.2. The summed E-state index contributed by atoms with van der Waals surface area (Å²) in [5, 5.41) is 5.31. The van der Waals surface area contributed by atoms with Crippen molar-refractivity contribution >= 4 is 23.2 Å². The molecule has 1 aromatic carbocycles. The summed E-state index contributed by atoms with van der Waals surface area (Å²) >= 11 is 0. The van der Waals surface area contributed by atoms with E-state index in [0.29, 0.717) is 23.5 Å². The van der Waals surface area contributed by atoms with Crippen LogP contribution in [-0.4, -0.2) is 25.0 Å². The molecule has 0 aliphatic rings. The van der Waals surface area contributed by atoms with E-state index in [0.717, 1.165) is 0 Å². The number of carbonyl (C=O) groups is 2.